The summed E-state index contributed by atoms with van der Waals surface area (Å²) in [6.07, 6.45) is 4.19. The van der Waals surface area contributed by atoms with Gasteiger partial charge in [-0.15, -0.1) is 0 Å². The third-order valence-corrected chi connectivity index (χ3v) is 3.45. The summed E-state index contributed by atoms with van der Waals surface area (Å²) in [6, 6.07) is 3.96. The van der Waals surface area contributed by atoms with Gasteiger partial charge in [-0.05, 0) is 17.7 Å². The van der Waals surface area contributed by atoms with E-state index in [0.29, 0.717) is 13.0 Å². The predicted octanol–water partition coefficient (Wildman–Crippen LogP) is 1.59. The van der Waals surface area contributed by atoms with Crippen LogP contribution in [-0.2, 0) is 11.3 Å². The molecule has 1 amide bonds. The number of nitrogens with one attached hydrogen (secondary N) is 1. The molecule has 2 aromatic heterocycles. The van der Waals surface area contributed by atoms with E-state index >= 15 is 0 Å². The monoisotopic (exact) mass is 247 g/mol. The van der Waals surface area contributed by atoms with Crippen LogP contribution < -0.4 is 0 Å². The molecule has 0 spiro atoms. The molecule has 1 unspecified atom stereocenters. The number of hydrogen-bond donors (Lipinski definition) is 2. The van der Waals surface area contributed by atoms with Gasteiger partial charge in [0.15, 0.2) is 0 Å². The number of pyridine rings is 1. The smallest absolute Gasteiger partial charge is 0.224 e. The Morgan fingerprint density at radius 3 is 3.18 bits per heavy atom. The topological polar surface area (TPSA) is 49.0 Å². The molecule has 1 N–H and O–H groups in total. The first-order valence-electron chi connectivity index (χ1n) is 5.61. The van der Waals surface area contributed by atoms with E-state index in [1.165, 1.54) is 0 Å². The Morgan fingerprint density at radius 2 is 2.41 bits per heavy atom. The fourth-order valence-corrected chi connectivity index (χ4v) is 2.62. The first-order chi connectivity index (χ1) is 8.24. The summed E-state index contributed by atoms with van der Waals surface area (Å²) < 4.78 is 0. The van der Waals surface area contributed by atoms with Crippen LogP contribution in [0, 0.1) is 0 Å². The first-order valence-corrected chi connectivity index (χ1v) is 6.12. The van der Waals surface area contributed by atoms with E-state index in [9.17, 15) is 4.79 Å². The van der Waals surface area contributed by atoms with Crippen LogP contribution in [-0.4, -0.2) is 32.6 Å². The van der Waals surface area contributed by atoms with Crippen molar-refractivity contribution in [2.75, 3.05) is 6.54 Å². The summed E-state index contributed by atoms with van der Waals surface area (Å²) in [6.45, 7) is 1.38. The summed E-state index contributed by atoms with van der Waals surface area (Å²) in [5.74, 6) is 0.186. The van der Waals surface area contributed by atoms with Gasteiger partial charge >= 0.3 is 0 Å². The Morgan fingerprint density at radius 1 is 1.53 bits per heavy atom. The lowest BCUT2D eigenvalue weighted by Gasteiger charge is -2.16. The van der Waals surface area contributed by atoms with Crippen molar-refractivity contribution in [3.8, 4) is 0 Å². The number of carbonyl (C=O) groups is 1. The molecule has 3 heterocycles. The lowest BCUT2D eigenvalue weighted by molar-refractivity contribution is -0.128. The molecule has 0 aromatic carbocycles. The van der Waals surface area contributed by atoms with Crippen molar-refractivity contribution in [3.05, 3.63) is 30.1 Å². The molecule has 17 heavy (non-hydrogen) atoms. The van der Waals surface area contributed by atoms with Gasteiger partial charge in [-0.2, -0.15) is 12.6 Å². The van der Waals surface area contributed by atoms with Crippen LogP contribution in [0.3, 0.4) is 0 Å². The average molecular weight is 247 g/mol. The van der Waals surface area contributed by atoms with Crippen LogP contribution in [0.5, 0.6) is 0 Å². The van der Waals surface area contributed by atoms with Gasteiger partial charge in [-0.25, -0.2) is 4.98 Å². The molecule has 0 saturated carbocycles. The second-order valence-corrected chi connectivity index (χ2v) is 5.07. The van der Waals surface area contributed by atoms with Crippen molar-refractivity contribution in [1.29, 1.82) is 0 Å². The SMILES string of the molecule is O=C1CC(S)CN1Cc1ccnc2[nH]ccc12. The van der Waals surface area contributed by atoms with Crippen LogP contribution in [0.1, 0.15) is 12.0 Å². The zero-order valence-electron chi connectivity index (χ0n) is 9.26. The minimum atomic E-state index is 0.172. The minimum Gasteiger partial charge on any atom is -0.346 e. The second kappa shape index (κ2) is 4.07. The molecular weight excluding hydrogens is 234 g/mol. The van der Waals surface area contributed by atoms with Gasteiger partial charge < -0.3 is 9.88 Å². The highest BCUT2D eigenvalue weighted by molar-refractivity contribution is 7.81. The molecule has 1 saturated heterocycles. The minimum absolute atomic E-state index is 0.172. The number of H-pyrrole nitrogens is 1. The molecule has 1 fully saturated rings. The zero-order chi connectivity index (χ0) is 11.8. The van der Waals surface area contributed by atoms with Crippen molar-refractivity contribution in [3.63, 3.8) is 0 Å². The molecule has 5 heteroatoms. The molecule has 1 atom stereocenters. The lowest BCUT2D eigenvalue weighted by atomic mass is 10.2. The van der Waals surface area contributed by atoms with E-state index in [4.69, 9.17) is 0 Å². The van der Waals surface area contributed by atoms with Gasteiger partial charge in [0, 0.05) is 42.5 Å². The van der Waals surface area contributed by atoms with E-state index in [1.807, 2.05) is 23.2 Å². The van der Waals surface area contributed by atoms with E-state index < -0.39 is 0 Å². The average Bonchev–Trinajstić information content (AvgIpc) is 2.87. The van der Waals surface area contributed by atoms with Gasteiger partial charge in [-0.1, -0.05) is 0 Å². The van der Waals surface area contributed by atoms with Crippen molar-refractivity contribution in [1.82, 2.24) is 14.9 Å². The predicted molar refractivity (Wildman–Crippen MR) is 68.9 cm³/mol. The van der Waals surface area contributed by atoms with Gasteiger partial charge in [0.05, 0.1) is 0 Å². The largest absolute Gasteiger partial charge is 0.346 e. The van der Waals surface area contributed by atoms with E-state index in [-0.39, 0.29) is 11.2 Å². The Hall–Kier alpha value is -1.49. The van der Waals surface area contributed by atoms with Gasteiger partial charge in [0.2, 0.25) is 5.91 Å². The lowest BCUT2D eigenvalue weighted by Crippen LogP contribution is -2.24. The number of thiol groups is 1. The van der Waals surface area contributed by atoms with E-state index in [1.54, 1.807) is 6.20 Å². The Kier molecular flexibility index (Phi) is 2.55. The number of nitrogens with zero attached hydrogens (tertiary/aromatic N) is 2. The highest BCUT2D eigenvalue weighted by atomic mass is 32.1. The molecule has 4 nitrogen and oxygen atoms in total. The molecule has 2 aromatic rings. The number of aromatic nitrogens is 2. The van der Waals surface area contributed by atoms with Crippen molar-refractivity contribution in [2.45, 2.75) is 18.2 Å². The van der Waals surface area contributed by atoms with Gasteiger partial charge in [-0.3, -0.25) is 4.79 Å². The summed E-state index contributed by atoms with van der Waals surface area (Å²) in [5, 5.41) is 1.26. The quantitative estimate of drug-likeness (QED) is 0.792. The zero-order valence-corrected chi connectivity index (χ0v) is 10.2. The van der Waals surface area contributed by atoms with Crippen molar-refractivity contribution in [2.24, 2.45) is 0 Å². The third kappa shape index (κ3) is 1.91. The van der Waals surface area contributed by atoms with Crippen molar-refractivity contribution >= 4 is 29.6 Å². The fraction of sp³-hybridized carbons (Fsp3) is 0.333. The molecule has 0 bridgehead atoms. The second-order valence-electron chi connectivity index (χ2n) is 4.34. The molecular formula is C12H13N3OS. The van der Waals surface area contributed by atoms with Crippen LogP contribution in [0.25, 0.3) is 11.0 Å². The van der Waals surface area contributed by atoms with Crippen LogP contribution in [0.4, 0.5) is 0 Å². The molecule has 1 aliphatic heterocycles. The number of fused-ring (bicyclic) bond motifs is 1. The maximum atomic E-state index is 11.7. The van der Waals surface area contributed by atoms with Crippen LogP contribution >= 0.6 is 12.6 Å². The number of aromatic amines is 1. The number of rotatable bonds is 2. The first kappa shape index (κ1) is 10.7. The summed E-state index contributed by atoms with van der Waals surface area (Å²) in [4.78, 5) is 20.9. The van der Waals surface area contributed by atoms with Gasteiger partial charge in [0.25, 0.3) is 0 Å². The highest BCUT2D eigenvalue weighted by Gasteiger charge is 2.27. The molecule has 0 aliphatic carbocycles. The van der Waals surface area contributed by atoms with E-state index in [0.717, 1.165) is 23.1 Å². The fourth-order valence-electron chi connectivity index (χ4n) is 2.27. The summed E-state index contributed by atoms with van der Waals surface area (Å²) >= 11 is 4.36. The maximum absolute atomic E-state index is 11.7. The third-order valence-electron chi connectivity index (χ3n) is 3.11. The Bertz CT molecular complexity index is 566. The summed E-state index contributed by atoms with van der Waals surface area (Å²) in [5.41, 5.74) is 2.00. The number of likely N-dealkylation sites (tertiary alicyclic amines) is 1. The molecule has 88 valence electrons. The highest BCUT2D eigenvalue weighted by Crippen LogP contribution is 2.22. The molecule has 0 radical (unpaired) electrons. The number of amides is 1. The molecule has 3 rings (SSSR count). The maximum Gasteiger partial charge on any atom is 0.224 e. The Balaban J connectivity index is 1.90. The number of hydrogen-bond acceptors (Lipinski definition) is 3. The Labute approximate surface area is 104 Å². The molecule has 1 aliphatic rings. The van der Waals surface area contributed by atoms with Gasteiger partial charge in [0.1, 0.15) is 5.65 Å². The van der Waals surface area contributed by atoms with Crippen LogP contribution in [0.15, 0.2) is 24.5 Å². The number of carbonyl (C=O) groups excluding carboxylic acids is 1. The normalized spacial score (nSPS) is 20.4. The standard InChI is InChI=1S/C12H13N3OS/c16-11-5-9(17)7-15(11)6-8-1-3-13-12-10(8)2-4-14-12/h1-4,9,17H,5-7H2,(H,13,14). The van der Waals surface area contributed by atoms with E-state index in [2.05, 4.69) is 22.6 Å². The van der Waals surface area contributed by atoms with Crippen LogP contribution in [0.2, 0.25) is 0 Å². The summed E-state index contributed by atoms with van der Waals surface area (Å²) in [7, 11) is 0. The van der Waals surface area contributed by atoms with Crippen molar-refractivity contribution < 1.29 is 4.79 Å².